The maximum absolute atomic E-state index is 12.3. The van der Waals surface area contributed by atoms with Crippen molar-refractivity contribution in [2.75, 3.05) is 13.1 Å². The van der Waals surface area contributed by atoms with Gasteiger partial charge in [-0.1, -0.05) is 13.0 Å². The van der Waals surface area contributed by atoms with Crippen LogP contribution in [0.5, 0.6) is 0 Å². The lowest BCUT2D eigenvalue weighted by molar-refractivity contribution is -0.132. The number of likely N-dealkylation sites (tertiary alicyclic amines) is 1. The predicted octanol–water partition coefficient (Wildman–Crippen LogP) is 2.79. The van der Waals surface area contributed by atoms with E-state index in [4.69, 9.17) is 5.73 Å². The van der Waals surface area contributed by atoms with Crippen LogP contribution in [0.2, 0.25) is 0 Å². The number of amides is 1. The maximum Gasteiger partial charge on any atom is 0.223 e. The zero-order chi connectivity index (χ0) is 13.0. The number of nitrogens with zero attached hydrogens (tertiary/aromatic N) is 1. The second kappa shape index (κ2) is 6.34. The van der Waals surface area contributed by atoms with Crippen molar-refractivity contribution < 1.29 is 4.79 Å². The first-order valence-corrected chi connectivity index (χ1v) is 7.63. The number of hydrogen-bond donors (Lipinski definition) is 1. The molecule has 2 N–H and O–H groups in total. The van der Waals surface area contributed by atoms with Crippen LogP contribution in [0.3, 0.4) is 0 Å². The summed E-state index contributed by atoms with van der Waals surface area (Å²) in [6.45, 7) is 3.69. The Morgan fingerprint density at radius 3 is 3.17 bits per heavy atom. The average molecular weight is 266 g/mol. The molecule has 0 saturated carbocycles. The highest BCUT2D eigenvalue weighted by Gasteiger charge is 2.30. The third kappa shape index (κ3) is 3.12. The Balaban J connectivity index is 1.93. The fourth-order valence-electron chi connectivity index (χ4n) is 2.47. The summed E-state index contributed by atoms with van der Waals surface area (Å²) in [5, 5.41) is 2.09. The first-order valence-electron chi connectivity index (χ1n) is 6.75. The lowest BCUT2D eigenvalue weighted by Crippen LogP contribution is -2.30. The van der Waals surface area contributed by atoms with Gasteiger partial charge in [-0.25, -0.2) is 0 Å². The van der Waals surface area contributed by atoms with Crippen LogP contribution >= 0.6 is 11.3 Å². The van der Waals surface area contributed by atoms with Gasteiger partial charge in [0.05, 0.1) is 6.04 Å². The first kappa shape index (κ1) is 13.6. The van der Waals surface area contributed by atoms with E-state index in [1.807, 2.05) is 0 Å². The Hall–Kier alpha value is -0.870. The molecule has 2 heterocycles. The zero-order valence-electron chi connectivity index (χ0n) is 11.0. The van der Waals surface area contributed by atoms with Gasteiger partial charge < -0.3 is 10.6 Å². The molecule has 100 valence electrons. The highest BCUT2D eigenvalue weighted by Crippen LogP contribution is 2.35. The van der Waals surface area contributed by atoms with Crippen LogP contribution in [0.4, 0.5) is 0 Å². The van der Waals surface area contributed by atoms with Crippen LogP contribution in [0, 0.1) is 5.92 Å². The van der Waals surface area contributed by atoms with Crippen molar-refractivity contribution in [1.29, 1.82) is 0 Å². The van der Waals surface area contributed by atoms with Gasteiger partial charge in [0.2, 0.25) is 5.91 Å². The van der Waals surface area contributed by atoms with Crippen LogP contribution in [0.15, 0.2) is 17.5 Å². The van der Waals surface area contributed by atoms with Crippen molar-refractivity contribution in [1.82, 2.24) is 4.90 Å². The third-order valence-electron chi connectivity index (χ3n) is 3.70. The molecule has 18 heavy (non-hydrogen) atoms. The van der Waals surface area contributed by atoms with Gasteiger partial charge in [0.15, 0.2) is 0 Å². The minimum Gasteiger partial charge on any atom is -0.335 e. The molecule has 1 aromatic heterocycles. The molecule has 1 aromatic rings. The number of carbonyl (C=O) groups excluding carboxylic acids is 1. The minimum atomic E-state index is 0.297. The van der Waals surface area contributed by atoms with Crippen molar-refractivity contribution in [3.05, 3.63) is 22.4 Å². The van der Waals surface area contributed by atoms with E-state index in [-0.39, 0.29) is 0 Å². The smallest absolute Gasteiger partial charge is 0.223 e. The molecule has 1 amide bonds. The highest BCUT2D eigenvalue weighted by molar-refractivity contribution is 7.10. The predicted molar refractivity (Wildman–Crippen MR) is 75.5 cm³/mol. The van der Waals surface area contributed by atoms with Crippen molar-refractivity contribution in [3.63, 3.8) is 0 Å². The summed E-state index contributed by atoms with van der Waals surface area (Å²) >= 11 is 1.76. The van der Waals surface area contributed by atoms with Gasteiger partial charge in [-0.2, -0.15) is 0 Å². The van der Waals surface area contributed by atoms with E-state index in [9.17, 15) is 4.79 Å². The molecule has 0 bridgehead atoms. The molecule has 0 aliphatic carbocycles. The van der Waals surface area contributed by atoms with E-state index in [1.165, 1.54) is 4.88 Å². The van der Waals surface area contributed by atoms with Gasteiger partial charge in [0, 0.05) is 17.8 Å². The fraction of sp³-hybridized carbons (Fsp3) is 0.643. The summed E-state index contributed by atoms with van der Waals surface area (Å²) < 4.78 is 0. The van der Waals surface area contributed by atoms with E-state index in [0.717, 1.165) is 25.8 Å². The lowest BCUT2D eigenvalue weighted by atomic mass is 10.1. The summed E-state index contributed by atoms with van der Waals surface area (Å²) in [7, 11) is 0. The molecule has 1 saturated heterocycles. The Bertz CT molecular complexity index is 377. The first-order chi connectivity index (χ1) is 8.72. The molecular weight excluding hydrogens is 244 g/mol. The largest absolute Gasteiger partial charge is 0.335 e. The number of carbonyl (C=O) groups is 1. The van der Waals surface area contributed by atoms with E-state index in [2.05, 4.69) is 29.3 Å². The molecule has 2 rings (SSSR count). The van der Waals surface area contributed by atoms with E-state index < -0.39 is 0 Å². The van der Waals surface area contributed by atoms with Gasteiger partial charge in [-0.05, 0) is 43.2 Å². The summed E-state index contributed by atoms with van der Waals surface area (Å²) in [5.41, 5.74) is 5.59. The standard InChI is InChI=1S/C14H22N2OS/c1-11(10-15)6-7-14(17)16-8-2-4-12(16)13-5-3-9-18-13/h3,5,9,11-12H,2,4,6-8,10,15H2,1H3. The lowest BCUT2D eigenvalue weighted by Gasteiger charge is -2.24. The molecule has 1 aliphatic heterocycles. The molecule has 3 nitrogen and oxygen atoms in total. The molecule has 0 radical (unpaired) electrons. The zero-order valence-corrected chi connectivity index (χ0v) is 11.8. The number of nitrogens with two attached hydrogens (primary N) is 1. The summed E-state index contributed by atoms with van der Waals surface area (Å²) in [6, 6.07) is 4.53. The highest BCUT2D eigenvalue weighted by atomic mass is 32.1. The monoisotopic (exact) mass is 266 g/mol. The second-order valence-corrected chi connectivity index (χ2v) is 6.12. The SMILES string of the molecule is CC(CN)CCC(=O)N1CCCC1c1cccs1. The molecule has 0 spiro atoms. The molecule has 2 atom stereocenters. The molecule has 0 aromatic carbocycles. The van der Waals surface area contributed by atoms with E-state index >= 15 is 0 Å². The second-order valence-electron chi connectivity index (χ2n) is 5.14. The van der Waals surface area contributed by atoms with Gasteiger partial charge in [0.1, 0.15) is 0 Å². The number of rotatable bonds is 5. The Kier molecular flexibility index (Phi) is 4.78. The summed E-state index contributed by atoms with van der Waals surface area (Å²) in [6.07, 6.45) is 3.78. The normalized spacial score (nSPS) is 21.2. The number of thiophene rings is 1. The average Bonchev–Trinajstić information content (AvgIpc) is 3.04. The molecule has 4 heteroatoms. The van der Waals surface area contributed by atoms with Crippen molar-refractivity contribution in [2.45, 2.75) is 38.6 Å². The minimum absolute atomic E-state index is 0.297. The molecule has 1 aliphatic rings. The van der Waals surface area contributed by atoms with Crippen LogP contribution < -0.4 is 5.73 Å². The van der Waals surface area contributed by atoms with Crippen molar-refractivity contribution in [2.24, 2.45) is 11.7 Å². The van der Waals surface area contributed by atoms with Gasteiger partial charge in [-0.15, -0.1) is 11.3 Å². The maximum atomic E-state index is 12.3. The van der Waals surface area contributed by atoms with Crippen molar-refractivity contribution >= 4 is 17.2 Å². The van der Waals surface area contributed by atoms with Gasteiger partial charge in [-0.3, -0.25) is 4.79 Å². The van der Waals surface area contributed by atoms with Crippen LogP contribution in [-0.2, 0) is 4.79 Å². The van der Waals surface area contributed by atoms with E-state index in [1.54, 1.807) is 11.3 Å². The van der Waals surface area contributed by atoms with Crippen LogP contribution in [-0.4, -0.2) is 23.9 Å². The van der Waals surface area contributed by atoms with Crippen LogP contribution in [0.1, 0.15) is 43.5 Å². The van der Waals surface area contributed by atoms with Crippen LogP contribution in [0.25, 0.3) is 0 Å². The van der Waals surface area contributed by atoms with Crippen molar-refractivity contribution in [3.8, 4) is 0 Å². The Morgan fingerprint density at radius 1 is 1.67 bits per heavy atom. The fourth-order valence-corrected chi connectivity index (χ4v) is 3.35. The van der Waals surface area contributed by atoms with E-state index in [0.29, 0.717) is 30.8 Å². The third-order valence-corrected chi connectivity index (χ3v) is 4.67. The quantitative estimate of drug-likeness (QED) is 0.890. The molecular formula is C14H22N2OS. The Labute approximate surface area is 113 Å². The van der Waals surface area contributed by atoms with Gasteiger partial charge >= 0.3 is 0 Å². The Morgan fingerprint density at radius 2 is 2.50 bits per heavy atom. The molecule has 1 fully saturated rings. The van der Waals surface area contributed by atoms with Gasteiger partial charge in [0.25, 0.3) is 0 Å². The number of hydrogen-bond acceptors (Lipinski definition) is 3. The molecule has 2 unspecified atom stereocenters. The summed E-state index contributed by atoms with van der Waals surface area (Å²) in [4.78, 5) is 15.7. The summed E-state index contributed by atoms with van der Waals surface area (Å²) in [5.74, 6) is 0.739. The topological polar surface area (TPSA) is 46.3 Å².